The molecule has 0 saturated carbocycles. The molecule has 0 spiro atoms. The van der Waals surface area contributed by atoms with Crippen LogP contribution in [0.25, 0.3) is 0 Å². The molecule has 2 aliphatic heterocycles. The standard InChI is InChI=1S/C67H123NO13/c1-3-5-7-9-11-13-15-17-19-21-23-25-26-27-28-29-31-32-34-36-38-40-42-44-46-48-50-56(71)55(54-78-66-64(77)62(75)65(58(53-70)80-66)81-67-63(76)61(74)60(73)57(52-69)79-67)68-59(72)51-49-47-45-43-41-39-37-35-33-30-24-22-20-18-16-14-12-10-8-6-4-2/h6,8,12,14,18,20,24,30,55-58,60-67,69-71,73-77H,3-5,7,9-11,13,15-17,19,21-23,25-29,31-54H2,1-2H3,(H,68,72)/b8-6-,14-12-,20-18-,30-24-. The molecule has 0 aromatic rings. The second-order valence-electron chi connectivity index (χ2n) is 23.6. The third kappa shape index (κ3) is 37.2. The number of amides is 1. The lowest BCUT2D eigenvalue weighted by Gasteiger charge is -2.46. The second-order valence-corrected chi connectivity index (χ2v) is 23.6. The van der Waals surface area contributed by atoms with Gasteiger partial charge >= 0.3 is 0 Å². The summed E-state index contributed by atoms with van der Waals surface area (Å²) < 4.78 is 22.9. The minimum Gasteiger partial charge on any atom is -0.394 e. The molecule has 0 aromatic carbocycles. The highest BCUT2D eigenvalue weighted by Gasteiger charge is 2.51. The number of hydrogen-bond acceptors (Lipinski definition) is 13. The summed E-state index contributed by atoms with van der Waals surface area (Å²) in [7, 11) is 0. The number of aliphatic hydroxyl groups excluding tert-OH is 8. The number of nitrogens with one attached hydrogen (secondary N) is 1. The summed E-state index contributed by atoms with van der Waals surface area (Å²) >= 11 is 0. The van der Waals surface area contributed by atoms with Gasteiger partial charge in [0.2, 0.25) is 5.91 Å². The molecule has 81 heavy (non-hydrogen) atoms. The second kappa shape index (κ2) is 52.3. The number of ether oxygens (including phenoxy) is 4. The third-order valence-electron chi connectivity index (χ3n) is 16.3. The average molecular weight is 1150 g/mol. The van der Waals surface area contributed by atoms with Crippen LogP contribution in [0.15, 0.2) is 48.6 Å². The lowest BCUT2D eigenvalue weighted by atomic mass is 9.97. The first-order chi connectivity index (χ1) is 39.6. The Morgan fingerprint density at radius 2 is 0.852 bits per heavy atom. The number of carbonyl (C=O) groups excluding carboxylic acids is 1. The minimum absolute atomic E-state index is 0.213. The Hall–Kier alpha value is -2.05. The molecular weight excluding hydrogens is 1030 g/mol. The van der Waals surface area contributed by atoms with E-state index in [4.69, 9.17) is 18.9 Å². The van der Waals surface area contributed by atoms with Gasteiger partial charge in [0.1, 0.15) is 48.8 Å². The quantitative estimate of drug-likeness (QED) is 0.0204. The van der Waals surface area contributed by atoms with Crippen molar-refractivity contribution in [1.29, 1.82) is 0 Å². The molecule has 2 aliphatic rings. The van der Waals surface area contributed by atoms with E-state index in [2.05, 4.69) is 67.8 Å². The predicted octanol–water partition coefficient (Wildman–Crippen LogP) is 12.7. The Morgan fingerprint density at radius 1 is 0.457 bits per heavy atom. The molecule has 0 aliphatic carbocycles. The molecule has 1 amide bonds. The summed E-state index contributed by atoms with van der Waals surface area (Å²) in [6.07, 6.45) is 49.7. The molecular formula is C67H123NO13. The average Bonchev–Trinajstić information content (AvgIpc) is 3.47. The zero-order chi connectivity index (χ0) is 58.8. The smallest absolute Gasteiger partial charge is 0.220 e. The number of carbonyl (C=O) groups is 1. The van der Waals surface area contributed by atoms with E-state index in [0.717, 1.165) is 77.0 Å². The first-order valence-electron chi connectivity index (χ1n) is 33.4. The van der Waals surface area contributed by atoms with E-state index in [9.17, 15) is 45.6 Å². The largest absolute Gasteiger partial charge is 0.394 e. The Bertz CT molecular complexity index is 1540. The molecule has 2 saturated heterocycles. The highest BCUT2D eigenvalue weighted by atomic mass is 16.7. The summed E-state index contributed by atoms with van der Waals surface area (Å²) in [5.74, 6) is -0.213. The van der Waals surface area contributed by atoms with E-state index in [-0.39, 0.29) is 12.5 Å². The van der Waals surface area contributed by atoms with Gasteiger partial charge in [-0.1, -0.05) is 268 Å². The Labute approximate surface area is 493 Å². The number of aliphatic hydroxyl groups is 8. The van der Waals surface area contributed by atoms with Gasteiger partial charge in [0, 0.05) is 6.42 Å². The molecule has 0 bridgehead atoms. The first-order valence-corrected chi connectivity index (χ1v) is 33.4. The third-order valence-corrected chi connectivity index (χ3v) is 16.3. The summed E-state index contributed by atoms with van der Waals surface area (Å²) in [6, 6.07) is -0.836. The monoisotopic (exact) mass is 1150 g/mol. The van der Waals surface area contributed by atoms with Gasteiger partial charge in [-0.3, -0.25) is 4.79 Å². The molecule has 12 atom stereocenters. The van der Waals surface area contributed by atoms with Crippen LogP contribution in [0.4, 0.5) is 0 Å². The fourth-order valence-corrected chi connectivity index (χ4v) is 11.0. The molecule has 12 unspecified atom stereocenters. The zero-order valence-electron chi connectivity index (χ0n) is 51.3. The molecule has 14 nitrogen and oxygen atoms in total. The normalized spacial score (nSPS) is 24.4. The maximum atomic E-state index is 13.3. The van der Waals surface area contributed by atoms with E-state index >= 15 is 0 Å². The van der Waals surface area contributed by atoms with Gasteiger partial charge in [0.15, 0.2) is 12.6 Å². The van der Waals surface area contributed by atoms with Crippen molar-refractivity contribution in [3.63, 3.8) is 0 Å². The fourth-order valence-electron chi connectivity index (χ4n) is 11.0. The SMILES string of the molecule is CC/C=C\C/C=C\C/C=C\C/C=C\CCCCCCCCCCC(=O)NC(COC1OC(CO)C(OC2OC(CO)C(O)C(O)C2O)C(O)C1O)C(O)CCCCCCCCCCCCCCCCCCCCCCCCCCCC. The molecule has 14 heteroatoms. The molecule has 0 aromatic heterocycles. The number of hydrogen-bond donors (Lipinski definition) is 9. The molecule has 2 rings (SSSR count). The lowest BCUT2D eigenvalue weighted by Crippen LogP contribution is -2.65. The number of unbranched alkanes of at least 4 members (excludes halogenated alkanes) is 33. The topological polar surface area (TPSA) is 228 Å². The molecule has 0 radical (unpaired) electrons. The maximum absolute atomic E-state index is 13.3. The van der Waals surface area contributed by atoms with E-state index < -0.39 is 86.8 Å². The van der Waals surface area contributed by atoms with Crippen molar-refractivity contribution in [3.8, 4) is 0 Å². The number of rotatable bonds is 54. The maximum Gasteiger partial charge on any atom is 0.220 e. The van der Waals surface area contributed by atoms with Crippen LogP contribution in [0.3, 0.4) is 0 Å². The van der Waals surface area contributed by atoms with Crippen LogP contribution in [-0.4, -0.2) is 140 Å². The first kappa shape index (κ1) is 75.0. The van der Waals surface area contributed by atoms with E-state index in [1.165, 1.54) is 167 Å². The molecule has 9 N–H and O–H groups in total. The van der Waals surface area contributed by atoms with Crippen LogP contribution >= 0.6 is 0 Å². The molecule has 2 fully saturated rings. The Kier molecular flexibility index (Phi) is 48.5. The predicted molar refractivity (Wildman–Crippen MR) is 327 cm³/mol. The van der Waals surface area contributed by atoms with Gasteiger partial charge in [-0.2, -0.15) is 0 Å². The summed E-state index contributed by atoms with van der Waals surface area (Å²) in [4.78, 5) is 13.3. The van der Waals surface area contributed by atoms with Crippen LogP contribution < -0.4 is 5.32 Å². The van der Waals surface area contributed by atoms with Crippen LogP contribution in [0.5, 0.6) is 0 Å². The highest BCUT2D eigenvalue weighted by molar-refractivity contribution is 5.76. The lowest BCUT2D eigenvalue weighted by molar-refractivity contribution is -0.359. The zero-order valence-corrected chi connectivity index (χ0v) is 51.3. The molecule has 2 heterocycles. The van der Waals surface area contributed by atoms with Crippen LogP contribution in [-0.2, 0) is 23.7 Å². The molecule has 474 valence electrons. The van der Waals surface area contributed by atoms with Gasteiger partial charge in [0.05, 0.1) is 32.0 Å². The van der Waals surface area contributed by atoms with Crippen molar-refractivity contribution in [2.75, 3.05) is 19.8 Å². The van der Waals surface area contributed by atoms with Crippen LogP contribution in [0.2, 0.25) is 0 Å². The Morgan fingerprint density at radius 3 is 1.31 bits per heavy atom. The fraction of sp³-hybridized carbons (Fsp3) is 0.866. The van der Waals surface area contributed by atoms with Crippen LogP contribution in [0.1, 0.15) is 277 Å². The van der Waals surface area contributed by atoms with Gasteiger partial charge in [-0.05, 0) is 51.4 Å². The van der Waals surface area contributed by atoms with Gasteiger partial charge in [0.25, 0.3) is 0 Å². The van der Waals surface area contributed by atoms with Crippen molar-refractivity contribution in [3.05, 3.63) is 48.6 Å². The Balaban J connectivity index is 1.70. The van der Waals surface area contributed by atoms with E-state index in [1.807, 2.05) is 0 Å². The number of allylic oxidation sites excluding steroid dienone is 8. The van der Waals surface area contributed by atoms with Crippen molar-refractivity contribution in [2.45, 2.75) is 351 Å². The minimum atomic E-state index is -1.78. The van der Waals surface area contributed by atoms with Crippen molar-refractivity contribution in [2.24, 2.45) is 0 Å². The summed E-state index contributed by atoms with van der Waals surface area (Å²) in [5.41, 5.74) is 0. The van der Waals surface area contributed by atoms with E-state index in [0.29, 0.717) is 19.3 Å². The summed E-state index contributed by atoms with van der Waals surface area (Å²) in [5, 5.41) is 87.5. The highest BCUT2D eigenvalue weighted by Crippen LogP contribution is 2.30. The summed E-state index contributed by atoms with van der Waals surface area (Å²) in [6.45, 7) is 2.78. The van der Waals surface area contributed by atoms with Crippen LogP contribution in [0, 0.1) is 0 Å². The van der Waals surface area contributed by atoms with Gasteiger partial charge in [-0.15, -0.1) is 0 Å². The van der Waals surface area contributed by atoms with Crippen molar-refractivity contribution < 1.29 is 64.6 Å². The van der Waals surface area contributed by atoms with Gasteiger partial charge in [-0.25, -0.2) is 0 Å². The van der Waals surface area contributed by atoms with Crippen molar-refractivity contribution >= 4 is 5.91 Å². The van der Waals surface area contributed by atoms with E-state index in [1.54, 1.807) is 0 Å². The van der Waals surface area contributed by atoms with Crippen molar-refractivity contribution in [1.82, 2.24) is 5.32 Å². The van der Waals surface area contributed by atoms with Gasteiger partial charge < -0.3 is 65.1 Å².